The molecule has 3 aromatic rings. The summed E-state index contributed by atoms with van der Waals surface area (Å²) in [5.74, 6) is -0.604. The molecule has 2 aromatic carbocycles. The highest BCUT2D eigenvalue weighted by Crippen LogP contribution is 2.20. The Morgan fingerprint density at radius 2 is 2.04 bits per heavy atom. The molecule has 0 saturated carbocycles. The van der Waals surface area contributed by atoms with E-state index in [1.54, 1.807) is 30.3 Å². The first-order chi connectivity index (χ1) is 11.6. The van der Waals surface area contributed by atoms with E-state index in [2.05, 4.69) is 20.8 Å². The number of benzene rings is 2. The Kier molecular flexibility index (Phi) is 5.07. The molecular weight excluding hydrogens is 353 g/mol. The van der Waals surface area contributed by atoms with Crippen molar-refractivity contribution in [3.63, 3.8) is 0 Å². The summed E-state index contributed by atoms with van der Waals surface area (Å²) in [4.78, 5) is 12.0. The first-order valence-corrected chi connectivity index (χ1v) is 8.21. The topological polar surface area (TPSA) is 72.7 Å². The molecule has 24 heavy (non-hydrogen) atoms. The van der Waals surface area contributed by atoms with Crippen LogP contribution in [0.2, 0.25) is 5.02 Å². The Morgan fingerprint density at radius 1 is 1.25 bits per heavy atom. The predicted octanol–water partition coefficient (Wildman–Crippen LogP) is 3.19. The van der Waals surface area contributed by atoms with Gasteiger partial charge in [0.15, 0.2) is 0 Å². The number of hydrogen-bond donors (Lipinski definition) is 1. The molecule has 0 aliphatic rings. The van der Waals surface area contributed by atoms with Crippen LogP contribution in [0.15, 0.2) is 53.7 Å². The monoisotopic (exact) mass is 363 g/mol. The molecule has 1 heterocycles. The molecule has 6 nitrogen and oxygen atoms in total. The molecule has 0 atom stereocenters. The van der Waals surface area contributed by atoms with Crippen LogP contribution in [0.5, 0.6) is 0 Å². The highest BCUT2D eigenvalue weighted by Gasteiger charge is 2.12. The van der Waals surface area contributed by atoms with E-state index >= 15 is 0 Å². The molecule has 1 N–H and O–H groups in total. The summed E-state index contributed by atoms with van der Waals surface area (Å²) < 4.78 is 14.6. The fourth-order valence-electron chi connectivity index (χ4n) is 1.91. The van der Waals surface area contributed by atoms with Gasteiger partial charge in [0.1, 0.15) is 5.82 Å². The van der Waals surface area contributed by atoms with Crippen LogP contribution >= 0.6 is 23.4 Å². The Hall–Kier alpha value is -2.45. The molecule has 122 valence electrons. The first kappa shape index (κ1) is 16.4. The van der Waals surface area contributed by atoms with Crippen LogP contribution in [-0.4, -0.2) is 31.9 Å². The molecule has 0 unspecified atom stereocenters. The number of rotatable bonds is 5. The van der Waals surface area contributed by atoms with Gasteiger partial charge in [0, 0.05) is 10.7 Å². The van der Waals surface area contributed by atoms with Gasteiger partial charge in [0.25, 0.3) is 0 Å². The van der Waals surface area contributed by atoms with Gasteiger partial charge in [0.05, 0.1) is 11.4 Å². The van der Waals surface area contributed by atoms with Gasteiger partial charge < -0.3 is 5.32 Å². The number of thioether (sulfide) groups is 1. The van der Waals surface area contributed by atoms with Gasteiger partial charge in [-0.1, -0.05) is 29.4 Å². The lowest BCUT2D eigenvalue weighted by atomic mass is 10.3. The van der Waals surface area contributed by atoms with E-state index in [1.165, 1.54) is 34.6 Å². The zero-order chi connectivity index (χ0) is 16.9. The second-order valence-corrected chi connectivity index (χ2v) is 6.08. The maximum Gasteiger partial charge on any atom is 0.234 e. The summed E-state index contributed by atoms with van der Waals surface area (Å²) in [6.45, 7) is 0. The number of aromatic nitrogens is 4. The van der Waals surface area contributed by atoms with Crippen molar-refractivity contribution in [2.75, 3.05) is 11.1 Å². The third-order valence-electron chi connectivity index (χ3n) is 2.95. The first-order valence-electron chi connectivity index (χ1n) is 6.84. The summed E-state index contributed by atoms with van der Waals surface area (Å²) in [7, 11) is 0. The number of nitrogens with one attached hydrogen (secondary N) is 1. The van der Waals surface area contributed by atoms with E-state index in [1.807, 2.05) is 0 Å². The van der Waals surface area contributed by atoms with E-state index in [0.29, 0.717) is 15.9 Å². The lowest BCUT2D eigenvalue weighted by molar-refractivity contribution is -0.113. The number of anilines is 1. The molecule has 3 rings (SSSR count). The van der Waals surface area contributed by atoms with Crippen LogP contribution in [0.1, 0.15) is 0 Å². The van der Waals surface area contributed by atoms with Crippen molar-refractivity contribution in [2.45, 2.75) is 5.16 Å². The molecule has 0 aliphatic heterocycles. The third kappa shape index (κ3) is 4.09. The van der Waals surface area contributed by atoms with Crippen LogP contribution in [-0.2, 0) is 4.79 Å². The highest BCUT2D eigenvalue weighted by molar-refractivity contribution is 7.99. The summed E-state index contributed by atoms with van der Waals surface area (Å²) in [6, 6.07) is 12.7. The molecule has 0 spiro atoms. The van der Waals surface area contributed by atoms with Crippen molar-refractivity contribution >= 4 is 35.0 Å². The Balaban J connectivity index is 1.64. The number of nitrogens with zero attached hydrogens (tertiary/aromatic N) is 4. The lowest BCUT2D eigenvalue weighted by Crippen LogP contribution is -2.14. The predicted molar refractivity (Wildman–Crippen MR) is 89.9 cm³/mol. The van der Waals surface area contributed by atoms with Gasteiger partial charge in [-0.05, 0) is 52.9 Å². The molecule has 0 aliphatic carbocycles. The van der Waals surface area contributed by atoms with Gasteiger partial charge in [-0.25, -0.2) is 4.39 Å². The van der Waals surface area contributed by atoms with Gasteiger partial charge >= 0.3 is 0 Å². The van der Waals surface area contributed by atoms with Crippen LogP contribution in [0.3, 0.4) is 0 Å². The number of carbonyl (C=O) groups is 1. The summed E-state index contributed by atoms with van der Waals surface area (Å²) >= 11 is 7.03. The minimum atomic E-state index is -0.410. The van der Waals surface area contributed by atoms with Crippen LogP contribution in [0.4, 0.5) is 10.1 Å². The van der Waals surface area contributed by atoms with E-state index in [4.69, 9.17) is 11.6 Å². The average molecular weight is 364 g/mol. The van der Waals surface area contributed by atoms with E-state index in [-0.39, 0.29) is 11.7 Å². The summed E-state index contributed by atoms with van der Waals surface area (Å²) in [5.41, 5.74) is 1.13. The van der Waals surface area contributed by atoms with Gasteiger partial charge in [0.2, 0.25) is 11.1 Å². The van der Waals surface area contributed by atoms with Gasteiger partial charge in [-0.15, -0.1) is 5.10 Å². The van der Waals surface area contributed by atoms with E-state index < -0.39 is 5.82 Å². The minimum absolute atomic E-state index is 0.0878. The number of halogens is 2. The van der Waals surface area contributed by atoms with Gasteiger partial charge in [-0.3, -0.25) is 4.79 Å². The standard InChI is InChI=1S/C15H11ClFN5OS/c16-10-4-6-13(7-5-10)22-15(19-20-21-22)24-9-14(23)18-12-3-1-2-11(17)8-12/h1-8H,9H2,(H,18,23). The molecule has 0 saturated heterocycles. The fraction of sp³-hybridized carbons (Fsp3) is 0.0667. The smallest absolute Gasteiger partial charge is 0.234 e. The Morgan fingerprint density at radius 3 is 2.79 bits per heavy atom. The van der Waals surface area contributed by atoms with Crippen molar-refractivity contribution in [1.82, 2.24) is 20.2 Å². The van der Waals surface area contributed by atoms with E-state index in [0.717, 1.165) is 5.69 Å². The van der Waals surface area contributed by atoms with Crippen LogP contribution in [0, 0.1) is 5.82 Å². The molecular formula is C15H11ClFN5OS. The third-order valence-corrected chi connectivity index (χ3v) is 4.12. The molecule has 0 fully saturated rings. The summed E-state index contributed by atoms with van der Waals surface area (Å²) in [5, 5.41) is 15.1. The van der Waals surface area contributed by atoms with Crippen molar-refractivity contribution in [2.24, 2.45) is 0 Å². The molecule has 1 amide bonds. The van der Waals surface area contributed by atoms with Crippen molar-refractivity contribution in [3.05, 3.63) is 59.4 Å². The van der Waals surface area contributed by atoms with Crippen LogP contribution in [0.25, 0.3) is 5.69 Å². The molecule has 0 bridgehead atoms. The number of carbonyl (C=O) groups excluding carboxylic acids is 1. The van der Waals surface area contributed by atoms with Crippen LogP contribution < -0.4 is 5.32 Å². The average Bonchev–Trinajstić information content (AvgIpc) is 3.02. The van der Waals surface area contributed by atoms with Crippen molar-refractivity contribution in [3.8, 4) is 5.69 Å². The molecule has 9 heteroatoms. The SMILES string of the molecule is O=C(CSc1nnnn1-c1ccc(Cl)cc1)Nc1cccc(F)c1. The van der Waals surface area contributed by atoms with Crippen molar-refractivity contribution < 1.29 is 9.18 Å². The molecule has 1 aromatic heterocycles. The fourth-order valence-corrected chi connectivity index (χ4v) is 2.72. The number of tetrazole rings is 1. The lowest BCUT2D eigenvalue weighted by Gasteiger charge is -2.06. The maximum absolute atomic E-state index is 13.1. The Labute approximate surface area is 146 Å². The zero-order valence-electron chi connectivity index (χ0n) is 12.2. The minimum Gasteiger partial charge on any atom is -0.325 e. The quantitative estimate of drug-likeness (QED) is 0.705. The van der Waals surface area contributed by atoms with Gasteiger partial charge in [-0.2, -0.15) is 4.68 Å². The Bertz CT molecular complexity index is 855. The summed E-state index contributed by atoms with van der Waals surface area (Å²) in [6.07, 6.45) is 0. The zero-order valence-corrected chi connectivity index (χ0v) is 13.8. The van der Waals surface area contributed by atoms with E-state index in [9.17, 15) is 9.18 Å². The van der Waals surface area contributed by atoms with Crippen molar-refractivity contribution in [1.29, 1.82) is 0 Å². The normalized spacial score (nSPS) is 10.6. The number of amides is 1. The highest BCUT2D eigenvalue weighted by atomic mass is 35.5. The molecule has 0 radical (unpaired) electrons. The number of hydrogen-bond acceptors (Lipinski definition) is 5. The maximum atomic E-state index is 13.1. The second kappa shape index (κ2) is 7.41. The second-order valence-electron chi connectivity index (χ2n) is 4.70. The largest absolute Gasteiger partial charge is 0.325 e.